The Labute approximate surface area is 61.4 Å². The molecule has 1 unspecified atom stereocenters. The molecule has 0 radical (unpaired) electrons. The van der Waals surface area contributed by atoms with Crippen LogP contribution in [0.25, 0.3) is 0 Å². The van der Waals surface area contributed by atoms with Crippen molar-refractivity contribution < 1.29 is 28.9 Å². The van der Waals surface area contributed by atoms with Crippen LogP contribution in [0.4, 0.5) is 0 Å². The fourth-order valence-corrected chi connectivity index (χ4v) is 1.16. The summed E-state index contributed by atoms with van der Waals surface area (Å²) in [6.45, 7) is 1.69. The van der Waals surface area contributed by atoms with E-state index in [0.717, 1.165) is 13.2 Å². The number of hydrogen-bond donors (Lipinski definition) is 0. The first-order valence-electron chi connectivity index (χ1n) is 2.83. The van der Waals surface area contributed by atoms with Crippen LogP contribution in [0.2, 0.25) is 0 Å². The SMILES string of the molecule is [Ti][O]CC1CCCO1. The van der Waals surface area contributed by atoms with Gasteiger partial charge in [0.1, 0.15) is 0 Å². The van der Waals surface area contributed by atoms with E-state index >= 15 is 0 Å². The molecule has 1 heterocycles. The summed E-state index contributed by atoms with van der Waals surface area (Å²) >= 11 is 1.71. The van der Waals surface area contributed by atoms with E-state index in [1.54, 1.807) is 20.8 Å². The van der Waals surface area contributed by atoms with E-state index in [2.05, 4.69) is 0 Å². The summed E-state index contributed by atoms with van der Waals surface area (Å²) in [7, 11) is 0. The number of ether oxygens (including phenoxy) is 1. The molecule has 1 atom stereocenters. The van der Waals surface area contributed by atoms with Gasteiger partial charge in [-0.05, 0) is 0 Å². The molecule has 2 nitrogen and oxygen atoms in total. The van der Waals surface area contributed by atoms with Crippen molar-refractivity contribution in [3.63, 3.8) is 0 Å². The minimum absolute atomic E-state index is 0.389. The zero-order chi connectivity index (χ0) is 5.82. The van der Waals surface area contributed by atoms with Crippen molar-refractivity contribution in [2.75, 3.05) is 13.2 Å². The molecule has 1 aliphatic heterocycles. The van der Waals surface area contributed by atoms with Crippen molar-refractivity contribution in [2.45, 2.75) is 18.9 Å². The van der Waals surface area contributed by atoms with Crippen LogP contribution in [0.15, 0.2) is 0 Å². The number of rotatable bonds is 2. The topological polar surface area (TPSA) is 18.5 Å². The van der Waals surface area contributed by atoms with Crippen LogP contribution in [0, 0.1) is 0 Å². The zero-order valence-corrected chi connectivity index (χ0v) is 6.28. The van der Waals surface area contributed by atoms with Gasteiger partial charge >= 0.3 is 61.0 Å². The third-order valence-corrected chi connectivity index (χ3v) is 1.55. The molecular weight excluding hydrogens is 140 g/mol. The Morgan fingerprint density at radius 3 is 3.12 bits per heavy atom. The zero-order valence-electron chi connectivity index (χ0n) is 4.72. The Balaban J connectivity index is 2.06. The predicted molar refractivity (Wildman–Crippen MR) is 24.9 cm³/mol. The summed E-state index contributed by atoms with van der Waals surface area (Å²) in [6, 6.07) is 0. The monoisotopic (exact) mass is 149 g/mol. The van der Waals surface area contributed by atoms with Crippen LogP contribution in [-0.4, -0.2) is 19.3 Å². The van der Waals surface area contributed by atoms with E-state index in [0.29, 0.717) is 6.10 Å². The van der Waals surface area contributed by atoms with Crippen LogP contribution >= 0.6 is 0 Å². The second kappa shape index (κ2) is 3.62. The first-order valence-corrected chi connectivity index (χ1v) is 3.47. The van der Waals surface area contributed by atoms with Crippen molar-refractivity contribution in [1.82, 2.24) is 0 Å². The molecular formula is C5H9O2Ti. The van der Waals surface area contributed by atoms with Gasteiger partial charge in [-0.2, -0.15) is 0 Å². The summed E-state index contributed by atoms with van der Waals surface area (Å²) in [5, 5.41) is 0. The summed E-state index contributed by atoms with van der Waals surface area (Å²) in [5.74, 6) is 0. The van der Waals surface area contributed by atoms with Crippen molar-refractivity contribution in [1.29, 1.82) is 0 Å². The molecule has 0 aromatic heterocycles. The summed E-state index contributed by atoms with van der Waals surface area (Å²) in [4.78, 5) is 0. The van der Waals surface area contributed by atoms with Crippen LogP contribution in [0.3, 0.4) is 0 Å². The summed E-state index contributed by atoms with van der Waals surface area (Å²) in [6.07, 6.45) is 2.77. The van der Waals surface area contributed by atoms with Gasteiger partial charge in [0.05, 0.1) is 0 Å². The molecule has 1 fully saturated rings. The van der Waals surface area contributed by atoms with E-state index in [1.165, 1.54) is 12.8 Å². The molecule has 0 spiro atoms. The van der Waals surface area contributed by atoms with Gasteiger partial charge in [-0.15, -0.1) is 0 Å². The molecule has 0 aliphatic carbocycles. The molecule has 1 rings (SSSR count). The molecule has 0 amide bonds. The van der Waals surface area contributed by atoms with E-state index < -0.39 is 0 Å². The maximum atomic E-state index is 5.27. The van der Waals surface area contributed by atoms with Gasteiger partial charge in [-0.1, -0.05) is 0 Å². The molecule has 0 aromatic carbocycles. The molecule has 8 heavy (non-hydrogen) atoms. The summed E-state index contributed by atoms with van der Waals surface area (Å²) < 4.78 is 10.2. The van der Waals surface area contributed by atoms with Crippen molar-refractivity contribution in [3.05, 3.63) is 0 Å². The average molecular weight is 149 g/mol. The second-order valence-electron chi connectivity index (χ2n) is 1.95. The fourth-order valence-electron chi connectivity index (χ4n) is 0.869. The van der Waals surface area contributed by atoms with Crippen LogP contribution in [0.5, 0.6) is 0 Å². The average Bonchev–Trinajstić information content (AvgIpc) is 2.19. The second-order valence-corrected chi connectivity index (χ2v) is 2.40. The van der Waals surface area contributed by atoms with E-state index in [1.807, 2.05) is 0 Å². The first-order chi connectivity index (χ1) is 3.93. The molecule has 0 bridgehead atoms. The van der Waals surface area contributed by atoms with Crippen LogP contribution in [0.1, 0.15) is 12.8 Å². The van der Waals surface area contributed by atoms with Gasteiger partial charge in [0.25, 0.3) is 0 Å². The van der Waals surface area contributed by atoms with Gasteiger partial charge in [0.2, 0.25) is 0 Å². The van der Waals surface area contributed by atoms with Gasteiger partial charge in [0.15, 0.2) is 0 Å². The minimum atomic E-state index is 0.389. The number of hydrogen-bond acceptors (Lipinski definition) is 2. The summed E-state index contributed by atoms with van der Waals surface area (Å²) in [5.41, 5.74) is 0. The molecule has 3 heteroatoms. The Morgan fingerprint density at radius 1 is 1.75 bits per heavy atom. The normalized spacial score (nSPS) is 28.6. The van der Waals surface area contributed by atoms with Crippen molar-refractivity contribution in [2.24, 2.45) is 0 Å². The van der Waals surface area contributed by atoms with Gasteiger partial charge in [0, 0.05) is 0 Å². The Bertz CT molecular complexity index is 61.4. The van der Waals surface area contributed by atoms with E-state index in [4.69, 9.17) is 8.06 Å². The van der Waals surface area contributed by atoms with Crippen LogP contribution < -0.4 is 0 Å². The Kier molecular flexibility index (Phi) is 3.05. The van der Waals surface area contributed by atoms with Gasteiger partial charge in [-0.3, -0.25) is 0 Å². The molecule has 0 saturated carbocycles. The Morgan fingerprint density at radius 2 is 2.62 bits per heavy atom. The van der Waals surface area contributed by atoms with Gasteiger partial charge < -0.3 is 0 Å². The van der Waals surface area contributed by atoms with E-state index in [9.17, 15) is 0 Å². The quantitative estimate of drug-likeness (QED) is 0.536. The van der Waals surface area contributed by atoms with E-state index in [-0.39, 0.29) is 0 Å². The third-order valence-electron chi connectivity index (χ3n) is 1.29. The third kappa shape index (κ3) is 1.86. The molecule has 1 aliphatic rings. The van der Waals surface area contributed by atoms with Gasteiger partial charge in [-0.25, -0.2) is 0 Å². The molecule has 45 valence electrons. The first kappa shape index (κ1) is 6.75. The molecule has 0 aromatic rings. The molecule has 1 saturated heterocycles. The van der Waals surface area contributed by atoms with Crippen LogP contribution in [-0.2, 0) is 28.9 Å². The van der Waals surface area contributed by atoms with Crippen molar-refractivity contribution in [3.8, 4) is 0 Å². The predicted octanol–water partition coefficient (Wildman–Crippen LogP) is 0.644. The maximum absolute atomic E-state index is 5.27. The molecule has 0 N–H and O–H groups in total. The Hall–Kier alpha value is 0.634. The standard InChI is InChI=1S/C5H9O2.Ti/c6-4-5-2-1-3-7-5;/h5H,1-4H2;/q-1;+1. The van der Waals surface area contributed by atoms with Crippen molar-refractivity contribution >= 4 is 0 Å². The fraction of sp³-hybridized carbons (Fsp3) is 1.00.